The smallest absolute Gasteiger partial charge is 0.322 e. The normalized spacial score (nSPS) is 32.4. The molecule has 2 N–H and O–H groups in total. The number of hydrogen-bond donors (Lipinski definition) is 2. The number of hydrogen-bond acceptors (Lipinski definition) is 3. The highest BCUT2D eigenvalue weighted by atomic mass is 16.2. The molecule has 0 unspecified atom stereocenters. The lowest BCUT2D eigenvalue weighted by Gasteiger charge is -2.30. The van der Waals surface area contributed by atoms with Crippen molar-refractivity contribution in [1.82, 2.24) is 15.8 Å². The molecule has 2 aliphatic carbocycles. The Labute approximate surface area is 111 Å². The molecule has 19 heavy (non-hydrogen) atoms. The van der Waals surface area contributed by atoms with E-state index in [0.29, 0.717) is 18.8 Å². The Bertz CT molecular complexity index is 442. The summed E-state index contributed by atoms with van der Waals surface area (Å²) in [6.45, 7) is 1.98. The highest BCUT2D eigenvalue weighted by Gasteiger charge is 2.53. The van der Waals surface area contributed by atoms with Gasteiger partial charge in [-0.3, -0.25) is 15.0 Å². The number of nitrogens with zero attached hydrogens (tertiary/aromatic N) is 1. The molecular weight excluding hydrogens is 246 g/mol. The maximum absolute atomic E-state index is 12.4. The molecule has 104 valence electrons. The van der Waals surface area contributed by atoms with Crippen LogP contribution in [0.3, 0.4) is 0 Å². The Balaban J connectivity index is 1.70. The van der Waals surface area contributed by atoms with E-state index in [-0.39, 0.29) is 17.7 Å². The number of amides is 4. The van der Waals surface area contributed by atoms with Crippen molar-refractivity contribution in [3.8, 4) is 0 Å². The molecule has 3 rings (SSSR count). The minimum absolute atomic E-state index is 0.0523. The molecule has 1 saturated heterocycles. The van der Waals surface area contributed by atoms with Crippen LogP contribution in [0.5, 0.6) is 0 Å². The molecule has 1 aliphatic heterocycles. The molecule has 1 spiro atoms. The van der Waals surface area contributed by atoms with Gasteiger partial charge in [0.15, 0.2) is 0 Å². The fourth-order valence-electron chi connectivity index (χ4n) is 3.10. The zero-order chi connectivity index (χ0) is 13.6. The van der Waals surface area contributed by atoms with Crippen molar-refractivity contribution in [2.24, 2.45) is 11.8 Å². The third-order valence-corrected chi connectivity index (χ3v) is 4.54. The number of imide groups is 1. The first kappa shape index (κ1) is 12.4. The van der Waals surface area contributed by atoms with Gasteiger partial charge in [0.05, 0.1) is 0 Å². The third kappa shape index (κ3) is 1.99. The van der Waals surface area contributed by atoms with Crippen LogP contribution in [-0.4, -0.2) is 28.4 Å². The van der Waals surface area contributed by atoms with Crippen molar-refractivity contribution in [3.05, 3.63) is 0 Å². The van der Waals surface area contributed by atoms with Gasteiger partial charge in [0.1, 0.15) is 5.54 Å². The SMILES string of the molecule is C[C@H]1C[C@@H]1C(=O)NN1C(=O)NC2(CCCCC2)C1=O. The Morgan fingerprint density at radius 2 is 1.95 bits per heavy atom. The summed E-state index contributed by atoms with van der Waals surface area (Å²) < 4.78 is 0. The number of carbonyl (C=O) groups is 3. The molecule has 3 aliphatic rings. The van der Waals surface area contributed by atoms with E-state index < -0.39 is 11.6 Å². The zero-order valence-corrected chi connectivity index (χ0v) is 11.1. The van der Waals surface area contributed by atoms with E-state index in [1.807, 2.05) is 6.92 Å². The van der Waals surface area contributed by atoms with Crippen molar-refractivity contribution in [1.29, 1.82) is 0 Å². The highest BCUT2D eigenvalue weighted by Crippen LogP contribution is 2.38. The van der Waals surface area contributed by atoms with Gasteiger partial charge in [-0.2, -0.15) is 5.01 Å². The summed E-state index contributed by atoms with van der Waals surface area (Å²) in [6, 6.07) is -0.492. The molecule has 0 bridgehead atoms. The second-order valence-electron chi connectivity index (χ2n) is 6.01. The molecule has 0 radical (unpaired) electrons. The van der Waals surface area contributed by atoms with E-state index in [9.17, 15) is 14.4 Å². The van der Waals surface area contributed by atoms with Crippen LogP contribution < -0.4 is 10.7 Å². The van der Waals surface area contributed by atoms with E-state index >= 15 is 0 Å². The Morgan fingerprint density at radius 1 is 1.32 bits per heavy atom. The van der Waals surface area contributed by atoms with E-state index in [0.717, 1.165) is 30.7 Å². The minimum Gasteiger partial charge on any atom is -0.322 e. The van der Waals surface area contributed by atoms with Gasteiger partial charge in [0.2, 0.25) is 5.91 Å². The van der Waals surface area contributed by atoms with Crippen LogP contribution in [-0.2, 0) is 9.59 Å². The zero-order valence-electron chi connectivity index (χ0n) is 11.1. The first-order valence-electron chi connectivity index (χ1n) is 7.01. The van der Waals surface area contributed by atoms with Gasteiger partial charge >= 0.3 is 6.03 Å². The molecule has 1 heterocycles. The van der Waals surface area contributed by atoms with Crippen LogP contribution in [0, 0.1) is 11.8 Å². The van der Waals surface area contributed by atoms with Crippen molar-refractivity contribution in [2.45, 2.75) is 51.0 Å². The van der Waals surface area contributed by atoms with Gasteiger partial charge < -0.3 is 5.32 Å². The fourth-order valence-corrected chi connectivity index (χ4v) is 3.10. The maximum Gasteiger partial charge on any atom is 0.344 e. The predicted octanol–water partition coefficient (Wildman–Crippen LogP) is 0.928. The van der Waals surface area contributed by atoms with Gasteiger partial charge in [0, 0.05) is 5.92 Å². The Morgan fingerprint density at radius 3 is 2.53 bits per heavy atom. The Kier molecular flexibility index (Phi) is 2.76. The molecule has 6 heteroatoms. The quantitative estimate of drug-likeness (QED) is 0.729. The summed E-state index contributed by atoms with van der Waals surface area (Å²) in [7, 11) is 0. The second kappa shape index (κ2) is 4.21. The lowest BCUT2D eigenvalue weighted by Crippen LogP contribution is -2.51. The van der Waals surface area contributed by atoms with Gasteiger partial charge in [-0.05, 0) is 25.2 Å². The molecule has 0 aromatic carbocycles. The van der Waals surface area contributed by atoms with E-state index in [1.165, 1.54) is 0 Å². The summed E-state index contributed by atoms with van der Waals surface area (Å²) in [5.41, 5.74) is 1.71. The molecule has 3 fully saturated rings. The van der Waals surface area contributed by atoms with Gasteiger partial charge in [0.25, 0.3) is 5.91 Å². The van der Waals surface area contributed by atoms with E-state index in [2.05, 4.69) is 10.7 Å². The van der Waals surface area contributed by atoms with Crippen molar-refractivity contribution in [2.75, 3.05) is 0 Å². The largest absolute Gasteiger partial charge is 0.344 e. The number of rotatable bonds is 2. The molecule has 0 aromatic rings. The van der Waals surface area contributed by atoms with Gasteiger partial charge in [-0.25, -0.2) is 4.79 Å². The average molecular weight is 265 g/mol. The van der Waals surface area contributed by atoms with Crippen molar-refractivity contribution >= 4 is 17.8 Å². The van der Waals surface area contributed by atoms with E-state index in [1.54, 1.807) is 0 Å². The molecule has 2 atom stereocenters. The summed E-state index contributed by atoms with van der Waals surface area (Å²) in [6.07, 6.45) is 5.14. The first-order valence-corrected chi connectivity index (χ1v) is 7.01. The van der Waals surface area contributed by atoms with Crippen LogP contribution in [0.1, 0.15) is 45.4 Å². The number of carbonyl (C=O) groups excluding carboxylic acids is 3. The molecule has 6 nitrogen and oxygen atoms in total. The standard InChI is InChI=1S/C13H19N3O3/c1-8-7-9(8)10(17)15-16-11(18)13(14-12(16)19)5-3-2-4-6-13/h8-9H,2-7H2,1H3,(H,14,19)(H,15,17)/t8-,9-/m0/s1. The van der Waals surface area contributed by atoms with Crippen LogP contribution in [0.15, 0.2) is 0 Å². The monoisotopic (exact) mass is 265 g/mol. The fraction of sp³-hybridized carbons (Fsp3) is 0.769. The number of nitrogens with one attached hydrogen (secondary N) is 2. The summed E-state index contributed by atoms with van der Waals surface area (Å²) >= 11 is 0. The second-order valence-corrected chi connectivity index (χ2v) is 6.01. The lowest BCUT2D eigenvalue weighted by molar-refractivity contribution is -0.140. The van der Waals surface area contributed by atoms with Gasteiger partial charge in [-0.15, -0.1) is 0 Å². The maximum atomic E-state index is 12.4. The van der Waals surface area contributed by atoms with Gasteiger partial charge in [-0.1, -0.05) is 26.2 Å². The molecule has 4 amide bonds. The van der Waals surface area contributed by atoms with Crippen LogP contribution in [0.4, 0.5) is 4.79 Å². The third-order valence-electron chi connectivity index (χ3n) is 4.54. The van der Waals surface area contributed by atoms with E-state index in [4.69, 9.17) is 0 Å². The molecule has 2 saturated carbocycles. The Hall–Kier alpha value is -1.59. The first-order chi connectivity index (χ1) is 9.03. The topological polar surface area (TPSA) is 78.5 Å². The molecular formula is C13H19N3O3. The summed E-state index contributed by atoms with van der Waals surface area (Å²) in [4.78, 5) is 36.1. The number of urea groups is 1. The van der Waals surface area contributed by atoms with Crippen LogP contribution in [0.25, 0.3) is 0 Å². The average Bonchev–Trinajstić information content (AvgIpc) is 3.08. The minimum atomic E-state index is -0.766. The highest BCUT2D eigenvalue weighted by molar-refractivity contribution is 6.08. The van der Waals surface area contributed by atoms with Crippen LogP contribution in [0.2, 0.25) is 0 Å². The van der Waals surface area contributed by atoms with Crippen molar-refractivity contribution < 1.29 is 14.4 Å². The lowest BCUT2D eigenvalue weighted by atomic mass is 9.82. The van der Waals surface area contributed by atoms with Crippen molar-refractivity contribution in [3.63, 3.8) is 0 Å². The predicted molar refractivity (Wildman–Crippen MR) is 66.6 cm³/mol. The molecule has 0 aromatic heterocycles. The van der Waals surface area contributed by atoms with Crippen LogP contribution >= 0.6 is 0 Å². The number of hydrazine groups is 1. The summed E-state index contributed by atoms with van der Waals surface area (Å²) in [5, 5.41) is 3.66. The summed E-state index contributed by atoms with van der Waals surface area (Å²) in [5.74, 6) is -0.212.